The van der Waals surface area contributed by atoms with Crippen LogP contribution >= 0.6 is 11.6 Å². The topological polar surface area (TPSA) is 100.0 Å². The average Bonchev–Trinajstić information content (AvgIpc) is 3.17. The van der Waals surface area contributed by atoms with Crippen LogP contribution in [0.4, 0.5) is 21.7 Å². The number of benzene rings is 2. The van der Waals surface area contributed by atoms with Crippen LogP contribution in [-0.4, -0.2) is 26.4 Å². The summed E-state index contributed by atoms with van der Waals surface area (Å²) in [5, 5.41) is 16.1. The number of rotatable bonds is 5. The van der Waals surface area contributed by atoms with Crippen molar-refractivity contribution in [1.82, 2.24) is 15.0 Å². The molecule has 4 aromatic rings. The van der Waals surface area contributed by atoms with Crippen LogP contribution in [0.2, 0.25) is 5.02 Å². The molecule has 1 aliphatic heterocycles. The predicted molar refractivity (Wildman–Crippen MR) is 120 cm³/mol. The fraction of sp³-hybridized carbons (Fsp3) is 0.182. The second-order valence-electron chi connectivity index (χ2n) is 7.55. The van der Waals surface area contributed by atoms with E-state index in [-0.39, 0.29) is 28.9 Å². The van der Waals surface area contributed by atoms with Crippen molar-refractivity contribution < 1.29 is 9.31 Å². The minimum Gasteiger partial charge on any atom is -0.360 e. The second kappa shape index (κ2) is 8.08. The highest BCUT2D eigenvalue weighted by atomic mass is 35.5. The van der Waals surface area contributed by atoms with Crippen LogP contribution in [0, 0.1) is 15.9 Å². The third-order valence-electron chi connectivity index (χ3n) is 5.61. The molecule has 10 heteroatoms. The summed E-state index contributed by atoms with van der Waals surface area (Å²) in [6.07, 6.45) is 2.06. The SMILES string of the molecule is O=[N+]([O-])c1c(NCc2ccc(F)c(Cl)c2)ncnc1N1CCc2c([nH]c3ccccc23)C1. The first-order valence-corrected chi connectivity index (χ1v) is 10.4. The Labute approximate surface area is 187 Å². The Hall–Kier alpha value is -3.72. The largest absolute Gasteiger partial charge is 0.360 e. The maximum absolute atomic E-state index is 13.4. The minimum atomic E-state index is -0.521. The monoisotopic (exact) mass is 452 g/mol. The van der Waals surface area contributed by atoms with Gasteiger partial charge in [0, 0.05) is 29.7 Å². The Morgan fingerprint density at radius 1 is 1.25 bits per heavy atom. The molecule has 0 aliphatic carbocycles. The Kier molecular flexibility index (Phi) is 5.10. The van der Waals surface area contributed by atoms with Crippen molar-refractivity contribution in [1.29, 1.82) is 0 Å². The van der Waals surface area contributed by atoms with Crippen molar-refractivity contribution in [3.63, 3.8) is 0 Å². The Morgan fingerprint density at radius 2 is 2.09 bits per heavy atom. The number of para-hydroxylation sites is 1. The first kappa shape index (κ1) is 20.2. The van der Waals surface area contributed by atoms with Gasteiger partial charge in [-0.3, -0.25) is 10.1 Å². The standard InChI is InChI=1S/C22H18ClFN6O2/c23-16-9-13(5-6-17(16)24)10-25-21-20(30(31)32)22(27-12-26-21)29-8-7-15-14-3-1-2-4-18(14)28-19(15)11-29/h1-6,9,12,28H,7-8,10-11H2,(H,25,26,27). The predicted octanol–water partition coefficient (Wildman–Crippen LogP) is 4.83. The fourth-order valence-electron chi connectivity index (χ4n) is 4.11. The van der Waals surface area contributed by atoms with Crippen molar-refractivity contribution in [3.8, 4) is 0 Å². The summed E-state index contributed by atoms with van der Waals surface area (Å²) in [5.74, 6) is -0.163. The molecular weight excluding hydrogens is 435 g/mol. The molecule has 0 atom stereocenters. The molecule has 0 amide bonds. The minimum absolute atomic E-state index is 0.00960. The van der Waals surface area contributed by atoms with Crippen LogP contribution in [0.5, 0.6) is 0 Å². The Bertz CT molecular complexity index is 1340. The lowest BCUT2D eigenvalue weighted by Crippen LogP contribution is -2.31. The van der Waals surface area contributed by atoms with Crippen LogP contribution in [0.1, 0.15) is 16.8 Å². The van der Waals surface area contributed by atoms with Crippen molar-refractivity contribution in [2.75, 3.05) is 16.8 Å². The molecule has 0 saturated carbocycles. The number of halogens is 2. The zero-order valence-electron chi connectivity index (χ0n) is 16.8. The number of H-pyrrole nitrogens is 1. The van der Waals surface area contributed by atoms with Crippen molar-refractivity contribution in [2.45, 2.75) is 19.5 Å². The maximum Gasteiger partial charge on any atom is 0.353 e. The molecule has 5 rings (SSSR count). The van der Waals surface area contributed by atoms with Gasteiger partial charge in [-0.25, -0.2) is 14.4 Å². The van der Waals surface area contributed by atoms with Gasteiger partial charge in [-0.1, -0.05) is 35.9 Å². The number of nitro groups is 1. The number of aromatic nitrogens is 3. The molecule has 0 spiro atoms. The van der Waals surface area contributed by atoms with Crippen molar-refractivity contribution in [2.24, 2.45) is 0 Å². The maximum atomic E-state index is 13.4. The van der Waals surface area contributed by atoms with Gasteiger partial charge in [0.05, 0.1) is 16.5 Å². The van der Waals surface area contributed by atoms with E-state index in [2.05, 4.69) is 26.3 Å². The van der Waals surface area contributed by atoms with Crippen LogP contribution in [0.15, 0.2) is 48.8 Å². The van der Waals surface area contributed by atoms with Gasteiger partial charge in [-0.15, -0.1) is 0 Å². The summed E-state index contributed by atoms with van der Waals surface area (Å²) in [6.45, 7) is 1.28. The van der Waals surface area contributed by atoms with Crippen molar-refractivity contribution >= 4 is 39.8 Å². The van der Waals surface area contributed by atoms with Crippen molar-refractivity contribution in [3.05, 3.63) is 86.6 Å². The van der Waals surface area contributed by atoms with Crippen LogP contribution in [0.3, 0.4) is 0 Å². The quantitative estimate of drug-likeness (QED) is 0.332. The van der Waals surface area contributed by atoms with E-state index in [1.54, 1.807) is 6.07 Å². The van der Waals surface area contributed by atoms with Gasteiger partial charge in [0.25, 0.3) is 0 Å². The summed E-state index contributed by atoms with van der Waals surface area (Å²) in [4.78, 5) is 25.1. The summed E-state index contributed by atoms with van der Waals surface area (Å²) >= 11 is 5.83. The summed E-state index contributed by atoms with van der Waals surface area (Å²) < 4.78 is 13.4. The molecule has 0 saturated heterocycles. The number of nitrogens with one attached hydrogen (secondary N) is 2. The molecule has 0 unspecified atom stereocenters. The third kappa shape index (κ3) is 3.60. The van der Waals surface area contributed by atoms with Gasteiger partial charge in [0.15, 0.2) is 0 Å². The van der Waals surface area contributed by atoms with Crippen LogP contribution in [-0.2, 0) is 19.5 Å². The van der Waals surface area contributed by atoms with E-state index >= 15 is 0 Å². The fourth-order valence-corrected chi connectivity index (χ4v) is 4.31. The first-order valence-electron chi connectivity index (χ1n) is 10.0. The number of aromatic amines is 1. The number of fused-ring (bicyclic) bond motifs is 3. The lowest BCUT2D eigenvalue weighted by Gasteiger charge is -2.27. The zero-order valence-corrected chi connectivity index (χ0v) is 17.6. The normalized spacial score (nSPS) is 13.2. The second-order valence-corrected chi connectivity index (χ2v) is 7.96. The number of hydrogen-bond acceptors (Lipinski definition) is 6. The van der Waals surface area contributed by atoms with Crippen LogP contribution < -0.4 is 10.2 Å². The highest BCUT2D eigenvalue weighted by molar-refractivity contribution is 6.30. The smallest absolute Gasteiger partial charge is 0.353 e. The number of nitrogens with zero attached hydrogens (tertiary/aromatic N) is 4. The van der Waals surface area contributed by atoms with Crippen LogP contribution in [0.25, 0.3) is 10.9 Å². The van der Waals surface area contributed by atoms with Gasteiger partial charge < -0.3 is 15.2 Å². The molecule has 0 bridgehead atoms. The molecule has 0 fully saturated rings. The molecule has 162 valence electrons. The molecule has 2 aromatic carbocycles. The van der Waals surface area contributed by atoms with E-state index in [9.17, 15) is 14.5 Å². The lowest BCUT2D eigenvalue weighted by molar-refractivity contribution is -0.383. The van der Waals surface area contributed by atoms with Gasteiger partial charge >= 0.3 is 5.69 Å². The molecule has 2 aromatic heterocycles. The summed E-state index contributed by atoms with van der Waals surface area (Å²) in [5.41, 5.74) is 3.80. The molecule has 2 N–H and O–H groups in total. The number of anilines is 2. The van der Waals surface area contributed by atoms with Gasteiger partial charge in [0.1, 0.15) is 12.1 Å². The van der Waals surface area contributed by atoms with Gasteiger partial charge in [-0.05, 0) is 35.7 Å². The zero-order chi connectivity index (χ0) is 22.2. The highest BCUT2D eigenvalue weighted by Gasteiger charge is 2.30. The molecular formula is C22H18ClFN6O2. The molecule has 1 aliphatic rings. The Balaban J connectivity index is 1.44. The van der Waals surface area contributed by atoms with Gasteiger partial charge in [0.2, 0.25) is 11.6 Å². The van der Waals surface area contributed by atoms with E-state index in [4.69, 9.17) is 11.6 Å². The van der Waals surface area contributed by atoms with Gasteiger partial charge in [-0.2, -0.15) is 0 Å². The third-order valence-corrected chi connectivity index (χ3v) is 5.90. The molecule has 8 nitrogen and oxygen atoms in total. The molecule has 32 heavy (non-hydrogen) atoms. The first-order chi connectivity index (χ1) is 15.5. The summed E-state index contributed by atoms with van der Waals surface area (Å²) in [6, 6.07) is 12.4. The highest BCUT2D eigenvalue weighted by Crippen LogP contribution is 2.36. The molecule has 3 heterocycles. The van der Waals surface area contributed by atoms with E-state index in [1.165, 1.54) is 29.4 Å². The van der Waals surface area contributed by atoms with E-state index in [0.29, 0.717) is 18.7 Å². The lowest BCUT2D eigenvalue weighted by atomic mass is 10.0. The van der Waals surface area contributed by atoms with E-state index < -0.39 is 10.7 Å². The molecule has 0 radical (unpaired) electrons. The Morgan fingerprint density at radius 3 is 2.91 bits per heavy atom. The number of hydrogen-bond donors (Lipinski definition) is 2. The van der Waals surface area contributed by atoms with E-state index in [0.717, 1.165) is 17.6 Å². The van der Waals surface area contributed by atoms with E-state index in [1.807, 2.05) is 23.1 Å². The average molecular weight is 453 g/mol. The summed E-state index contributed by atoms with van der Waals surface area (Å²) in [7, 11) is 0.